The van der Waals surface area contributed by atoms with Gasteiger partial charge in [0.2, 0.25) is 0 Å². The second kappa shape index (κ2) is 5.84. The van der Waals surface area contributed by atoms with Crippen LogP contribution in [0.15, 0.2) is 0 Å². The van der Waals surface area contributed by atoms with Crippen molar-refractivity contribution in [2.45, 2.75) is 32.1 Å². The molecule has 0 radical (unpaired) electrons. The molecule has 0 aromatic heterocycles. The molecule has 1 fully saturated rings. The summed E-state index contributed by atoms with van der Waals surface area (Å²) in [4.78, 5) is 2.13. The Morgan fingerprint density at radius 2 is 1.81 bits per heavy atom. The van der Waals surface area contributed by atoms with Crippen molar-refractivity contribution in [3.8, 4) is 0 Å². The minimum absolute atomic E-state index is 0.138. The minimum atomic E-state index is -4.22. The van der Waals surface area contributed by atoms with E-state index in [0.717, 1.165) is 13.1 Å². The highest BCUT2D eigenvalue weighted by molar-refractivity contribution is 4.80. The molecule has 1 N–H and O–H groups in total. The largest absolute Gasteiger partial charge is 0.411 e. The molecule has 1 aliphatic rings. The van der Waals surface area contributed by atoms with Gasteiger partial charge in [-0.25, -0.2) is 0 Å². The molecule has 3 nitrogen and oxygen atoms in total. The molecular weight excluding hydrogens is 221 g/mol. The summed E-state index contributed by atoms with van der Waals surface area (Å²) in [5.74, 6) is 0. The lowest BCUT2D eigenvalue weighted by molar-refractivity contribution is -0.174. The summed E-state index contributed by atoms with van der Waals surface area (Å²) in [5.41, 5.74) is 0. The Hall–Kier alpha value is -0.330. The van der Waals surface area contributed by atoms with Crippen molar-refractivity contribution in [2.24, 2.45) is 0 Å². The van der Waals surface area contributed by atoms with Crippen LogP contribution in [-0.4, -0.2) is 56.0 Å². The SMILES string of the molecule is CC1CN(CCOCC(F)(F)F)CC(C)N1. The first kappa shape index (κ1) is 13.7. The predicted molar refractivity (Wildman–Crippen MR) is 55.4 cm³/mol. The van der Waals surface area contributed by atoms with E-state index in [4.69, 9.17) is 0 Å². The smallest absolute Gasteiger partial charge is 0.371 e. The molecule has 0 aromatic carbocycles. The van der Waals surface area contributed by atoms with Gasteiger partial charge < -0.3 is 10.1 Å². The van der Waals surface area contributed by atoms with Gasteiger partial charge in [-0.15, -0.1) is 0 Å². The zero-order valence-corrected chi connectivity index (χ0v) is 9.68. The van der Waals surface area contributed by atoms with Gasteiger partial charge in [-0.1, -0.05) is 0 Å². The van der Waals surface area contributed by atoms with E-state index >= 15 is 0 Å². The Morgan fingerprint density at radius 3 is 2.31 bits per heavy atom. The summed E-state index contributed by atoms with van der Waals surface area (Å²) in [6.45, 7) is 5.41. The first-order valence-electron chi connectivity index (χ1n) is 5.50. The zero-order chi connectivity index (χ0) is 12.2. The average molecular weight is 240 g/mol. The van der Waals surface area contributed by atoms with Gasteiger partial charge in [0, 0.05) is 31.7 Å². The average Bonchev–Trinajstić information content (AvgIpc) is 2.09. The van der Waals surface area contributed by atoms with Gasteiger partial charge in [0.1, 0.15) is 6.61 Å². The Balaban J connectivity index is 2.13. The molecule has 16 heavy (non-hydrogen) atoms. The van der Waals surface area contributed by atoms with Crippen molar-refractivity contribution in [1.29, 1.82) is 0 Å². The summed E-state index contributed by atoms with van der Waals surface area (Å²) in [6.07, 6.45) is -4.22. The maximum Gasteiger partial charge on any atom is 0.411 e. The molecular formula is C10H19F3N2O. The van der Waals surface area contributed by atoms with Gasteiger partial charge in [-0.05, 0) is 13.8 Å². The summed E-state index contributed by atoms with van der Waals surface area (Å²) < 4.78 is 40.0. The number of hydrogen-bond acceptors (Lipinski definition) is 3. The van der Waals surface area contributed by atoms with Crippen molar-refractivity contribution < 1.29 is 17.9 Å². The van der Waals surface area contributed by atoms with Crippen LogP contribution in [0.2, 0.25) is 0 Å². The van der Waals surface area contributed by atoms with Gasteiger partial charge in [0.15, 0.2) is 0 Å². The lowest BCUT2D eigenvalue weighted by Gasteiger charge is -2.36. The second-order valence-corrected chi connectivity index (χ2v) is 4.40. The van der Waals surface area contributed by atoms with Crippen LogP contribution >= 0.6 is 0 Å². The van der Waals surface area contributed by atoms with E-state index in [0.29, 0.717) is 18.6 Å². The number of nitrogens with one attached hydrogen (secondary N) is 1. The quantitative estimate of drug-likeness (QED) is 0.748. The number of piperazine rings is 1. The number of nitrogens with zero attached hydrogens (tertiary/aromatic N) is 1. The summed E-state index contributed by atoms with van der Waals surface area (Å²) in [6, 6.07) is 0.762. The number of rotatable bonds is 4. The van der Waals surface area contributed by atoms with Crippen LogP contribution in [0.4, 0.5) is 13.2 Å². The maximum atomic E-state index is 11.8. The lowest BCUT2D eigenvalue weighted by Crippen LogP contribution is -2.54. The van der Waals surface area contributed by atoms with E-state index < -0.39 is 12.8 Å². The Labute approximate surface area is 93.9 Å². The monoisotopic (exact) mass is 240 g/mol. The molecule has 1 rings (SSSR count). The third-order valence-corrected chi connectivity index (χ3v) is 2.45. The molecule has 1 heterocycles. The topological polar surface area (TPSA) is 24.5 Å². The minimum Gasteiger partial charge on any atom is -0.371 e. The van der Waals surface area contributed by atoms with Gasteiger partial charge >= 0.3 is 6.18 Å². The molecule has 1 saturated heterocycles. The van der Waals surface area contributed by atoms with Crippen LogP contribution in [0.5, 0.6) is 0 Å². The Kier molecular flexibility index (Phi) is 5.01. The van der Waals surface area contributed by atoms with Crippen LogP contribution in [-0.2, 0) is 4.74 Å². The molecule has 0 amide bonds. The second-order valence-electron chi connectivity index (χ2n) is 4.40. The van der Waals surface area contributed by atoms with E-state index in [1.54, 1.807) is 0 Å². The van der Waals surface area contributed by atoms with E-state index in [2.05, 4.69) is 28.8 Å². The summed E-state index contributed by atoms with van der Waals surface area (Å²) in [7, 11) is 0. The van der Waals surface area contributed by atoms with Crippen LogP contribution < -0.4 is 5.32 Å². The number of ether oxygens (including phenoxy) is 1. The zero-order valence-electron chi connectivity index (χ0n) is 9.68. The van der Waals surface area contributed by atoms with Crippen LogP contribution in [0.25, 0.3) is 0 Å². The van der Waals surface area contributed by atoms with Crippen molar-refractivity contribution in [3.63, 3.8) is 0 Å². The fourth-order valence-electron chi connectivity index (χ4n) is 2.00. The first-order valence-corrected chi connectivity index (χ1v) is 5.50. The van der Waals surface area contributed by atoms with Crippen LogP contribution in [0, 0.1) is 0 Å². The highest BCUT2D eigenvalue weighted by atomic mass is 19.4. The highest BCUT2D eigenvalue weighted by Gasteiger charge is 2.27. The van der Waals surface area contributed by atoms with Crippen molar-refractivity contribution in [1.82, 2.24) is 10.2 Å². The van der Waals surface area contributed by atoms with Gasteiger partial charge in [-0.3, -0.25) is 4.90 Å². The van der Waals surface area contributed by atoms with Gasteiger partial charge in [-0.2, -0.15) is 13.2 Å². The van der Waals surface area contributed by atoms with Gasteiger partial charge in [0.25, 0.3) is 0 Å². The number of hydrogen-bond donors (Lipinski definition) is 1. The van der Waals surface area contributed by atoms with Crippen molar-refractivity contribution >= 4 is 0 Å². The number of halogens is 3. The molecule has 6 heteroatoms. The van der Waals surface area contributed by atoms with Crippen LogP contribution in [0.3, 0.4) is 0 Å². The van der Waals surface area contributed by atoms with Gasteiger partial charge in [0.05, 0.1) is 6.61 Å². The highest BCUT2D eigenvalue weighted by Crippen LogP contribution is 2.14. The lowest BCUT2D eigenvalue weighted by atomic mass is 10.1. The van der Waals surface area contributed by atoms with E-state index in [1.807, 2.05) is 0 Å². The van der Waals surface area contributed by atoms with E-state index in [9.17, 15) is 13.2 Å². The molecule has 0 spiro atoms. The van der Waals surface area contributed by atoms with Crippen molar-refractivity contribution in [2.75, 3.05) is 32.8 Å². The fourth-order valence-corrected chi connectivity index (χ4v) is 2.00. The fraction of sp³-hybridized carbons (Fsp3) is 1.00. The third kappa shape index (κ3) is 5.67. The number of alkyl halides is 3. The van der Waals surface area contributed by atoms with Crippen LogP contribution in [0.1, 0.15) is 13.8 Å². The Bertz CT molecular complexity index is 201. The summed E-state index contributed by atoms with van der Waals surface area (Å²) in [5, 5.41) is 3.36. The maximum absolute atomic E-state index is 11.8. The molecule has 2 unspecified atom stereocenters. The molecule has 1 aliphatic heterocycles. The van der Waals surface area contributed by atoms with Crippen molar-refractivity contribution in [3.05, 3.63) is 0 Å². The van der Waals surface area contributed by atoms with E-state index in [1.165, 1.54) is 0 Å². The Morgan fingerprint density at radius 1 is 1.25 bits per heavy atom. The normalized spacial score (nSPS) is 28.3. The van der Waals surface area contributed by atoms with E-state index in [-0.39, 0.29) is 6.61 Å². The molecule has 0 bridgehead atoms. The summed E-state index contributed by atoms with van der Waals surface area (Å²) >= 11 is 0. The standard InChI is InChI=1S/C10H19F3N2O/c1-8-5-15(6-9(2)14-8)3-4-16-7-10(11,12)13/h8-9,14H,3-7H2,1-2H3. The molecule has 0 aliphatic carbocycles. The molecule has 0 aromatic rings. The first-order chi connectivity index (χ1) is 7.37. The third-order valence-electron chi connectivity index (χ3n) is 2.45. The molecule has 0 saturated carbocycles. The molecule has 2 atom stereocenters. The predicted octanol–water partition coefficient (Wildman–Crippen LogP) is 1.25. The molecule has 96 valence electrons.